The van der Waals surface area contributed by atoms with Gasteiger partial charge in [-0.25, -0.2) is 0 Å². The number of hydrogen-bond acceptors (Lipinski definition) is 4. The van der Waals surface area contributed by atoms with Crippen molar-refractivity contribution in [3.8, 4) is 0 Å². The zero-order valence-electron chi connectivity index (χ0n) is 12.9. The molecule has 0 aromatic rings. The molecule has 1 aliphatic carbocycles. The second-order valence-electron chi connectivity index (χ2n) is 6.48. The van der Waals surface area contributed by atoms with Gasteiger partial charge in [-0.1, -0.05) is 6.92 Å². The smallest absolute Gasteiger partial charge is 0.323 e. The van der Waals surface area contributed by atoms with E-state index in [1.165, 1.54) is 0 Å². The first kappa shape index (κ1) is 15.7. The molecule has 3 atom stereocenters. The molecule has 0 amide bonds. The molecule has 0 aromatic carbocycles. The lowest BCUT2D eigenvalue weighted by Crippen LogP contribution is -2.54. The number of rotatable bonds is 5. The molecule has 5 heteroatoms. The maximum absolute atomic E-state index is 11.7. The molecule has 1 saturated carbocycles. The van der Waals surface area contributed by atoms with E-state index in [1.807, 2.05) is 13.8 Å². The Labute approximate surface area is 121 Å². The Kier molecular flexibility index (Phi) is 5.04. The molecule has 0 radical (unpaired) electrons. The van der Waals surface area contributed by atoms with Crippen LogP contribution in [-0.4, -0.2) is 59.4 Å². The van der Waals surface area contributed by atoms with Crippen molar-refractivity contribution in [1.82, 2.24) is 10.2 Å². The van der Waals surface area contributed by atoms with Crippen molar-refractivity contribution < 1.29 is 14.6 Å². The van der Waals surface area contributed by atoms with E-state index in [4.69, 9.17) is 4.74 Å². The molecule has 20 heavy (non-hydrogen) atoms. The molecule has 0 spiro atoms. The molecule has 2 aliphatic rings. The molecule has 2 N–H and O–H groups in total. The molecule has 2 fully saturated rings. The summed E-state index contributed by atoms with van der Waals surface area (Å²) in [6.45, 7) is 8.81. The van der Waals surface area contributed by atoms with Crippen molar-refractivity contribution in [1.29, 1.82) is 0 Å². The number of ether oxygens (including phenoxy) is 1. The van der Waals surface area contributed by atoms with Crippen LogP contribution >= 0.6 is 0 Å². The number of aliphatic carboxylic acids is 1. The number of morpholine rings is 1. The van der Waals surface area contributed by atoms with Gasteiger partial charge in [0.05, 0.1) is 12.7 Å². The van der Waals surface area contributed by atoms with Crippen LogP contribution < -0.4 is 5.32 Å². The minimum atomic E-state index is -0.737. The summed E-state index contributed by atoms with van der Waals surface area (Å²) < 4.78 is 5.71. The Morgan fingerprint density at radius 2 is 2.30 bits per heavy atom. The summed E-state index contributed by atoms with van der Waals surface area (Å²) in [4.78, 5) is 14.1. The van der Waals surface area contributed by atoms with E-state index >= 15 is 0 Å². The highest BCUT2D eigenvalue weighted by molar-refractivity contribution is 5.79. The van der Waals surface area contributed by atoms with Crippen LogP contribution in [0.25, 0.3) is 0 Å². The van der Waals surface area contributed by atoms with Crippen LogP contribution in [0.4, 0.5) is 0 Å². The Hall–Kier alpha value is -0.650. The molecule has 1 aliphatic heterocycles. The average molecular weight is 284 g/mol. The molecular weight excluding hydrogens is 256 g/mol. The summed E-state index contributed by atoms with van der Waals surface area (Å²) >= 11 is 0. The highest BCUT2D eigenvalue weighted by Gasteiger charge is 2.47. The summed E-state index contributed by atoms with van der Waals surface area (Å²) in [6, 6.07) is 0.563. The molecule has 0 aromatic heterocycles. The number of carbonyl (C=O) groups is 1. The Morgan fingerprint density at radius 1 is 1.55 bits per heavy atom. The summed E-state index contributed by atoms with van der Waals surface area (Å²) in [5.74, 6) is -0.700. The Balaban J connectivity index is 2.00. The summed E-state index contributed by atoms with van der Waals surface area (Å²) in [5.41, 5.74) is -0.737. The normalized spacial score (nSPS) is 35.6. The van der Waals surface area contributed by atoms with Crippen molar-refractivity contribution in [3.63, 3.8) is 0 Å². The standard InChI is InChI=1S/C15H28N2O3/c1-4-13-10-17(7-8-20-13)12-5-6-15(9-12,14(18)19)16-11(2)3/h11-13,16H,4-10H2,1-3H3,(H,18,19). The third kappa shape index (κ3) is 3.32. The van der Waals surface area contributed by atoms with E-state index in [-0.39, 0.29) is 6.04 Å². The number of hydrogen-bond donors (Lipinski definition) is 2. The van der Waals surface area contributed by atoms with Crippen LogP contribution in [0.3, 0.4) is 0 Å². The van der Waals surface area contributed by atoms with Crippen molar-refractivity contribution in [3.05, 3.63) is 0 Å². The lowest BCUT2D eigenvalue weighted by Gasteiger charge is -2.37. The zero-order valence-corrected chi connectivity index (χ0v) is 12.9. The van der Waals surface area contributed by atoms with Gasteiger partial charge in [-0.15, -0.1) is 0 Å². The van der Waals surface area contributed by atoms with Gasteiger partial charge in [-0.2, -0.15) is 0 Å². The third-order valence-corrected chi connectivity index (χ3v) is 4.60. The van der Waals surface area contributed by atoms with Crippen molar-refractivity contribution in [2.75, 3.05) is 19.7 Å². The van der Waals surface area contributed by atoms with Crippen LogP contribution in [-0.2, 0) is 9.53 Å². The van der Waals surface area contributed by atoms with E-state index < -0.39 is 11.5 Å². The predicted octanol–water partition coefficient (Wildman–Crippen LogP) is 1.47. The monoisotopic (exact) mass is 284 g/mol. The van der Waals surface area contributed by atoms with E-state index in [0.717, 1.165) is 39.0 Å². The molecule has 116 valence electrons. The molecule has 1 heterocycles. The maximum Gasteiger partial charge on any atom is 0.323 e. The van der Waals surface area contributed by atoms with Crippen molar-refractivity contribution in [2.45, 2.75) is 70.2 Å². The fourth-order valence-electron chi connectivity index (χ4n) is 3.59. The molecule has 5 nitrogen and oxygen atoms in total. The lowest BCUT2D eigenvalue weighted by molar-refractivity contribution is -0.145. The minimum Gasteiger partial charge on any atom is -0.480 e. The van der Waals surface area contributed by atoms with Gasteiger partial charge in [0.25, 0.3) is 0 Å². The first-order valence-electron chi connectivity index (χ1n) is 7.83. The second-order valence-corrected chi connectivity index (χ2v) is 6.48. The fourth-order valence-corrected chi connectivity index (χ4v) is 3.59. The summed E-state index contributed by atoms with van der Waals surface area (Å²) in [7, 11) is 0. The topological polar surface area (TPSA) is 61.8 Å². The predicted molar refractivity (Wildman–Crippen MR) is 77.9 cm³/mol. The highest BCUT2D eigenvalue weighted by Crippen LogP contribution is 2.34. The molecule has 1 saturated heterocycles. The Morgan fingerprint density at radius 3 is 2.90 bits per heavy atom. The van der Waals surface area contributed by atoms with E-state index in [9.17, 15) is 9.90 Å². The van der Waals surface area contributed by atoms with Gasteiger partial charge >= 0.3 is 5.97 Å². The molecular formula is C15H28N2O3. The fraction of sp³-hybridized carbons (Fsp3) is 0.933. The SMILES string of the molecule is CCC1CN(C2CCC(NC(C)C)(C(=O)O)C2)CCO1. The van der Waals surface area contributed by atoms with Gasteiger partial charge in [0.2, 0.25) is 0 Å². The van der Waals surface area contributed by atoms with Crippen LogP contribution in [0.2, 0.25) is 0 Å². The van der Waals surface area contributed by atoms with E-state index in [0.29, 0.717) is 18.6 Å². The van der Waals surface area contributed by atoms with Crippen LogP contribution in [0.1, 0.15) is 46.5 Å². The maximum atomic E-state index is 11.7. The van der Waals surface area contributed by atoms with Gasteiger partial charge in [0.15, 0.2) is 0 Å². The van der Waals surface area contributed by atoms with Gasteiger partial charge < -0.3 is 9.84 Å². The van der Waals surface area contributed by atoms with Gasteiger partial charge in [0, 0.05) is 25.2 Å². The quantitative estimate of drug-likeness (QED) is 0.800. The van der Waals surface area contributed by atoms with E-state index in [1.54, 1.807) is 0 Å². The van der Waals surface area contributed by atoms with Crippen molar-refractivity contribution >= 4 is 5.97 Å². The summed E-state index contributed by atoms with van der Waals surface area (Å²) in [5, 5.41) is 12.9. The average Bonchev–Trinajstić information content (AvgIpc) is 2.83. The van der Waals surface area contributed by atoms with Gasteiger partial charge in [-0.05, 0) is 39.5 Å². The number of carboxylic acid groups (broad SMARTS) is 1. The first-order valence-corrected chi connectivity index (χ1v) is 7.83. The number of nitrogens with one attached hydrogen (secondary N) is 1. The number of nitrogens with zero attached hydrogens (tertiary/aromatic N) is 1. The first-order chi connectivity index (χ1) is 9.47. The van der Waals surface area contributed by atoms with Crippen LogP contribution in [0, 0.1) is 0 Å². The van der Waals surface area contributed by atoms with Crippen LogP contribution in [0.5, 0.6) is 0 Å². The molecule has 2 rings (SSSR count). The van der Waals surface area contributed by atoms with Crippen molar-refractivity contribution in [2.24, 2.45) is 0 Å². The van der Waals surface area contributed by atoms with Gasteiger partial charge in [-0.3, -0.25) is 15.0 Å². The number of carboxylic acids is 1. The zero-order chi connectivity index (χ0) is 14.8. The highest BCUT2D eigenvalue weighted by atomic mass is 16.5. The summed E-state index contributed by atoms with van der Waals surface area (Å²) in [6.07, 6.45) is 3.72. The third-order valence-electron chi connectivity index (χ3n) is 4.60. The lowest BCUT2D eigenvalue weighted by atomic mass is 9.96. The van der Waals surface area contributed by atoms with E-state index in [2.05, 4.69) is 17.1 Å². The minimum absolute atomic E-state index is 0.193. The van der Waals surface area contributed by atoms with Gasteiger partial charge in [0.1, 0.15) is 5.54 Å². The molecule has 3 unspecified atom stereocenters. The second kappa shape index (κ2) is 6.41. The van der Waals surface area contributed by atoms with Crippen LogP contribution in [0.15, 0.2) is 0 Å². The Bertz CT molecular complexity index is 348. The largest absolute Gasteiger partial charge is 0.480 e. The molecule has 0 bridgehead atoms.